The Hall–Kier alpha value is -4.36. The predicted molar refractivity (Wildman–Crippen MR) is 150 cm³/mol. The molecule has 3 aromatic carbocycles. The number of likely N-dealkylation sites (tertiary alicyclic amines) is 1. The Morgan fingerprint density at radius 1 is 0.921 bits per heavy atom. The van der Waals surface area contributed by atoms with E-state index in [1.54, 1.807) is 13.3 Å². The molecule has 7 nitrogen and oxygen atoms in total. The van der Waals surface area contributed by atoms with Crippen LogP contribution in [0.25, 0.3) is 28.2 Å². The minimum Gasteiger partial charge on any atom is -0.365 e. The number of ketones is 1. The third kappa shape index (κ3) is 5.06. The van der Waals surface area contributed by atoms with Crippen molar-refractivity contribution >= 4 is 22.8 Å². The van der Waals surface area contributed by atoms with Crippen molar-refractivity contribution in [2.75, 3.05) is 18.4 Å². The van der Waals surface area contributed by atoms with Gasteiger partial charge in [-0.1, -0.05) is 66.7 Å². The van der Waals surface area contributed by atoms with Crippen LogP contribution in [0.4, 0.5) is 5.82 Å². The fourth-order valence-corrected chi connectivity index (χ4v) is 5.05. The van der Waals surface area contributed by atoms with Gasteiger partial charge < -0.3 is 5.32 Å². The third-order valence-corrected chi connectivity index (χ3v) is 7.14. The van der Waals surface area contributed by atoms with Gasteiger partial charge in [-0.05, 0) is 43.5 Å². The molecule has 1 saturated heterocycles. The van der Waals surface area contributed by atoms with Gasteiger partial charge >= 0.3 is 0 Å². The second-order valence-electron chi connectivity index (χ2n) is 9.84. The van der Waals surface area contributed by atoms with E-state index >= 15 is 0 Å². The summed E-state index contributed by atoms with van der Waals surface area (Å²) in [4.78, 5) is 29.1. The van der Waals surface area contributed by atoms with E-state index in [0.717, 1.165) is 60.7 Å². The third-order valence-electron chi connectivity index (χ3n) is 7.14. The molecule has 0 aliphatic carbocycles. The lowest BCUT2D eigenvalue weighted by molar-refractivity contribution is 0.101. The highest BCUT2D eigenvalue weighted by Gasteiger charge is 2.22. The van der Waals surface area contributed by atoms with Gasteiger partial charge in [0.25, 0.3) is 0 Å². The molecule has 0 radical (unpaired) electrons. The highest BCUT2D eigenvalue weighted by molar-refractivity contribution is 5.95. The number of para-hydroxylation sites is 1. The van der Waals surface area contributed by atoms with Crippen LogP contribution in [-0.2, 0) is 6.54 Å². The molecule has 38 heavy (non-hydrogen) atoms. The largest absolute Gasteiger partial charge is 0.365 e. The standard InChI is InChI=1S/C31H30N6O/c1-22(38)24-11-8-12-25(19-24)29-34-30(28-31(35-29)37(21-32-28)27-13-6-3-7-14-27)33-26-15-17-36(18-16-26)20-23-9-4-2-5-10-23/h2-14,19,21,26H,15-18,20H2,1H3,(H,33,34,35). The zero-order valence-electron chi connectivity index (χ0n) is 21.4. The molecular weight excluding hydrogens is 472 g/mol. The van der Waals surface area contributed by atoms with Gasteiger partial charge in [0.2, 0.25) is 0 Å². The minimum absolute atomic E-state index is 0.0165. The molecule has 0 bridgehead atoms. The average molecular weight is 503 g/mol. The topological polar surface area (TPSA) is 75.9 Å². The van der Waals surface area contributed by atoms with E-state index in [0.29, 0.717) is 17.4 Å². The fraction of sp³-hybridized carbons (Fsp3) is 0.226. The predicted octanol–water partition coefficient (Wildman–Crippen LogP) is 5.76. The van der Waals surface area contributed by atoms with Crippen molar-refractivity contribution in [3.05, 3.63) is 102 Å². The highest BCUT2D eigenvalue weighted by atomic mass is 16.1. The van der Waals surface area contributed by atoms with Crippen LogP contribution in [0, 0.1) is 0 Å². The van der Waals surface area contributed by atoms with E-state index in [1.807, 2.05) is 59.2 Å². The van der Waals surface area contributed by atoms with Crippen molar-refractivity contribution < 1.29 is 4.79 Å². The van der Waals surface area contributed by atoms with Gasteiger partial charge in [-0.15, -0.1) is 0 Å². The number of fused-ring (bicyclic) bond motifs is 1. The van der Waals surface area contributed by atoms with E-state index < -0.39 is 0 Å². The van der Waals surface area contributed by atoms with Crippen LogP contribution in [0.3, 0.4) is 0 Å². The van der Waals surface area contributed by atoms with Crippen molar-refractivity contribution in [2.45, 2.75) is 32.4 Å². The fourth-order valence-electron chi connectivity index (χ4n) is 5.05. The molecule has 2 aromatic heterocycles. The first-order chi connectivity index (χ1) is 18.6. The number of Topliss-reactive ketones (excluding diaryl/α,β-unsaturated/α-hetero) is 1. The molecule has 5 aromatic rings. The molecule has 6 rings (SSSR count). The number of hydrogen-bond donors (Lipinski definition) is 1. The molecule has 1 aliphatic rings. The summed E-state index contributed by atoms with van der Waals surface area (Å²) in [7, 11) is 0. The zero-order chi connectivity index (χ0) is 25.9. The number of nitrogens with one attached hydrogen (secondary N) is 1. The zero-order valence-corrected chi connectivity index (χ0v) is 21.4. The lowest BCUT2D eigenvalue weighted by Crippen LogP contribution is -2.38. The lowest BCUT2D eigenvalue weighted by Gasteiger charge is -2.32. The van der Waals surface area contributed by atoms with E-state index in [-0.39, 0.29) is 5.78 Å². The first-order valence-electron chi connectivity index (χ1n) is 13.1. The maximum Gasteiger partial charge on any atom is 0.170 e. The number of benzene rings is 3. The molecule has 0 amide bonds. The number of hydrogen-bond acceptors (Lipinski definition) is 6. The Kier molecular flexibility index (Phi) is 6.67. The number of piperidine rings is 1. The Bertz CT molecular complexity index is 1560. The van der Waals surface area contributed by atoms with Crippen LogP contribution in [-0.4, -0.2) is 49.3 Å². The summed E-state index contributed by atoms with van der Waals surface area (Å²) in [5.41, 5.74) is 5.26. The lowest BCUT2D eigenvalue weighted by atomic mass is 10.0. The van der Waals surface area contributed by atoms with Gasteiger partial charge in [0.1, 0.15) is 6.33 Å². The monoisotopic (exact) mass is 502 g/mol. The van der Waals surface area contributed by atoms with Crippen molar-refractivity contribution in [1.29, 1.82) is 0 Å². The summed E-state index contributed by atoms with van der Waals surface area (Å²) >= 11 is 0. The summed E-state index contributed by atoms with van der Waals surface area (Å²) in [5, 5.41) is 3.70. The molecule has 1 aliphatic heterocycles. The summed E-state index contributed by atoms with van der Waals surface area (Å²) in [6, 6.07) is 28.5. The van der Waals surface area contributed by atoms with Gasteiger partial charge in [-0.25, -0.2) is 15.0 Å². The number of nitrogens with zero attached hydrogens (tertiary/aromatic N) is 5. The first-order valence-corrected chi connectivity index (χ1v) is 13.1. The Labute approximate surface area is 222 Å². The van der Waals surface area contributed by atoms with E-state index in [9.17, 15) is 4.79 Å². The summed E-state index contributed by atoms with van der Waals surface area (Å²) < 4.78 is 1.99. The number of aromatic nitrogens is 4. The summed E-state index contributed by atoms with van der Waals surface area (Å²) in [6.45, 7) is 4.59. The summed E-state index contributed by atoms with van der Waals surface area (Å²) in [6.07, 6.45) is 3.85. The normalized spacial score (nSPS) is 14.6. The van der Waals surface area contributed by atoms with Crippen molar-refractivity contribution in [1.82, 2.24) is 24.4 Å². The van der Waals surface area contributed by atoms with Gasteiger partial charge in [0, 0.05) is 42.5 Å². The molecule has 0 atom stereocenters. The second kappa shape index (κ2) is 10.6. The number of rotatable bonds is 7. The van der Waals surface area contributed by atoms with Crippen molar-refractivity contribution in [3.63, 3.8) is 0 Å². The number of imidazole rings is 1. The van der Waals surface area contributed by atoms with Crippen LogP contribution >= 0.6 is 0 Å². The molecule has 0 spiro atoms. The minimum atomic E-state index is 0.0165. The second-order valence-corrected chi connectivity index (χ2v) is 9.84. The Morgan fingerprint density at radius 2 is 1.66 bits per heavy atom. The molecule has 1 N–H and O–H groups in total. The van der Waals surface area contributed by atoms with Gasteiger partial charge in [0.15, 0.2) is 28.6 Å². The van der Waals surface area contributed by atoms with Crippen LogP contribution < -0.4 is 5.32 Å². The maximum atomic E-state index is 12.0. The Balaban J connectivity index is 1.31. The van der Waals surface area contributed by atoms with Crippen LogP contribution in [0.1, 0.15) is 35.7 Å². The maximum absolute atomic E-state index is 12.0. The molecule has 0 unspecified atom stereocenters. The van der Waals surface area contributed by atoms with Crippen molar-refractivity contribution in [2.24, 2.45) is 0 Å². The van der Waals surface area contributed by atoms with E-state index in [1.165, 1.54) is 5.56 Å². The van der Waals surface area contributed by atoms with Crippen LogP contribution in [0.5, 0.6) is 0 Å². The molecule has 1 fully saturated rings. The van der Waals surface area contributed by atoms with Crippen LogP contribution in [0.2, 0.25) is 0 Å². The molecule has 0 saturated carbocycles. The molecule has 3 heterocycles. The number of carbonyl (C=O) groups is 1. The first kappa shape index (κ1) is 24.0. The van der Waals surface area contributed by atoms with Crippen LogP contribution in [0.15, 0.2) is 91.3 Å². The SMILES string of the molecule is CC(=O)c1cccc(-c2nc(NC3CCN(Cc4ccccc4)CC3)c3ncn(-c4ccccc4)c3n2)c1. The smallest absolute Gasteiger partial charge is 0.170 e. The van der Waals surface area contributed by atoms with E-state index in [2.05, 4.69) is 40.5 Å². The highest BCUT2D eigenvalue weighted by Crippen LogP contribution is 2.28. The number of anilines is 1. The van der Waals surface area contributed by atoms with Gasteiger partial charge in [0.05, 0.1) is 0 Å². The summed E-state index contributed by atoms with van der Waals surface area (Å²) in [5.74, 6) is 1.32. The molecule has 190 valence electrons. The quantitative estimate of drug-likeness (QED) is 0.285. The average Bonchev–Trinajstić information content (AvgIpc) is 3.40. The Morgan fingerprint density at radius 3 is 2.39 bits per heavy atom. The molecular formula is C31H30N6O. The molecule has 7 heteroatoms. The number of carbonyl (C=O) groups excluding carboxylic acids is 1. The van der Waals surface area contributed by atoms with Gasteiger partial charge in [-0.3, -0.25) is 14.3 Å². The van der Waals surface area contributed by atoms with E-state index in [4.69, 9.17) is 15.0 Å². The van der Waals surface area contributed by atoms with Crippen molar-refractivity contribution in [3.8, 4) is 17.1 Å². The van der Waals surface area contributed by atoms with Gasteiger partial charge in [-0.2, -0.15) is 0 Å².